The smallest absolute Gasteiger partial charge is 0.298 e. The van der Waals surface area contributed by atoms with E-state index >= 15 is 0 Å². The van der Waals surface area contributed by atoms with Gasteiger partial charge in [0.25, 0.3) is 10.2 Å². The normalized spacial score (nSPS) is 11.3. The third-order valence-corrected chi connectivity index (χ3v) is 2.56. The molecule has 5 nitrogen and oxygen atoms in total. The first-order valence-corrected chi connectivity index (χ1v) is 5.19. The number of hydrogen-bond acceptors (Lipinski definition) is 3. The summed E-state index contributed by atoms with van der Waals surface area (Å²) in [7, 11) is -2.32. The van der Waals surface area contributed by atoms with Crippen LogP contribution < -0.4 is 15.2 Å². The number of nitrogens with one attached hydrogen (secondary N) is 2. The van der Waals surface area contributed by atoms with E-state index in [9.17, 15) is 12.8 Å². The van der Waals surface area contributed by atoms with Crippen molar-refractivity contribution in [2.24, 2.45) is 0 Å². The molecule has 0 radical (unpaired) electrons. The molecule has 0 amide bonds. The molecule has 0 aliphatic rings. The summed E-state index contributed by atoms with van der Waals surface area (Å²) in [6.07, 6.45) is 0. The quantitative estimate of drug-likeness (QED) is 0.638. The van der Waals surface area contributed by atoms with Gasteiger partial charge in [0.1, 0.15) is 5.82 Å². The average Bonchev–Trinajstić information content (AvgIpc) is 2.11. The lowest BCUT2D eigenvalue weighted by atomic mass is 10.3. The van der Waals surface area contributed by atoms with Crippen LogP contribution in [0.4, 0.5) is 15.8 Å². The number of nitrogens with two attached hydrogens (primary N) is 1. The molecule has 0 atom stereocenters. The third-order valence-electron chi connectivity index (χ3n) is 1.52. The van der Waals surface area contributed by atoms with E-state index in [-0.39, 0.29) is 11.4 Å². The van der Waals surface area contributed by atoms with E-state index < -0.39 is 16.0 Å². The van der Waals surface area contributed by atoms with E-state index in [1.54, 1.807) is 0 Å². The highest BCUT2D eigenvalue weighted by Gasteiger charge is 2.07. The molecule has 4 N–H and O–H groups in total. The largest absolute Gasteiger partial charge is 0.396 e. The van der Waals surface area contributed by atoms with E-state index in [0.717, 1.165) is 6.07 Å². The third kappa shape index (κ3) is 2.57. The van der Waals surface area contributed by atoms with Crippen LogP contribution in [-0.2, 0) is 10.2 Å². The molecule has 0 saturated carbocycles. The molecular formula is C7H10FN3O2S. The molecule has 0 bridgehead atoms. The number of hydrogen-bond donors (Lipinski definition) is 3. The van der Waals surface area contributed by atoms with Crippen LogP contribution in [0.2, 0.25) is 0 Å². The lowest BCUT2D eigenvalue weighted by molar-refractivity contribution is 0.593. The lowest BCUT2D eigenvalue weighted by Gasteiger charge is -2.06. The van der Waals surface area contributed by atoms with E-state index in [0.29, 0.717) is 0 Å². The molecule has 0 aliphatic heterocycles. The number of nitrogen functional groups attached to an aromatic ring is 1. The van der Waals surface area contributed by atoms with Crippen molar-refractivity contribution in [3.05, 3.63) is 24.0 Å². The van der Waals surface area contributed by atoms with Gasteiger partial charge < -0.3 is 5.73 Å². The van der Waals surface area contributed by atoms with Crippen LogP contribution in [0.1, 0.15) is 0 Å². The van der Waals surface area contributed by atoms with Crippen LogP contribution in [0.5, 0.6) is 0 Å². The van der Waals surface area contributed by atoms with Gasteiger partial charge in [-0.25, -0.2) is 9.11 Å². The van der Waals surface area contributed by atoms with Crippen molar-refractivity contribution >= 4 is 21.6 Å². The predicted molar refractivity (Wildman–Crippen MR) is 52.4 cm³/mol. The molecule has 0 unspecified atom stereocenters. The van der Waals surface area contributed by atoms with Crippen LogP contribution >= 0.6 is 0 Å². The zero-order valence-electron chi connectivity index (χ0n) is 7.41. The molecule has 14 heavy (non-hydrogen) atoms. The van der Waals surface area contributed by atoms with Crippen molar-refractivity contribution in [1.29, 1.82) is 0 Å². The topological polar surface area (TPSA) is 84.2 Å². The molecule has 78 valence electrons. The maximum absolute atomic E-state index is 12.7. The highest BCUT2D eigenvalue weighted by atomic mass is 32.2. The predicted octanol–water partition coefficient (Wildman–Crippen LogP) is 0.284. The van der Waals surface area contributed by atoms with E-state index in [2.05, 4.69) is 9.44 Å². The Bertz CT molecular complexity index is 433. The molecule has 1 aromatic carbocycles. The Morgan fingerprint density at radius 3 is 2.57 bits per heavy atom. The number of rotatable bonds is 3. The number of benzene rings is 1. The van der Waals surface area contributed by atoms with Crippen molar-refractivity contribution < 1.29 is 12.8 Å². The van der Waals surface area contributed by atoms with E-state index in [1.807, 2.05) is 0 Å². The Morgan fingerprint density at radius 2 is 2.07 bits per heavy atom. The Kier molecular flexibility index (Phi) is 2.92. The number of halogens is 1. The van der Waals surface area contributed by atoms with Gasteiger partial charge in [0.2, 0.25) is 0 Å². The van der Waals surface area contributed by atoms with Gasteiger partial charge in [0.15, 0.2) is 0 Å². The van der Waals surface area contributed by atoms with Crippen molar-refractivity contribution in [1.82, 2.24) is 4.72 Å². The Morgan fingerprint density at radius 1 is 1.43 bits per heavy atom. The van der Waals surface area contributed by atoms with Gasteiger partial charge in [-0.1, -0.05) is 0 Å². The molecule has 0 aliphatic carbocycles. The summed E-state index contributed by atoms with van der Waals surface area (Å²) < 4.78 is 38.9. The SMILES string of the molecule is CNS(=O)(=O)Nc1ccc(F)c(N)c1. The second kappa shape index (κ2) is 3.81. The van der Waals surface area contributed by atoms with E-state index in [4.69, 9.17) is 5.73 Å². The average molecular weight is 219 g/mol. The molecule has 0 heterocycles. The molecule has 0 aromatic heterocycles. The zero-order chi connectivity index (χ0) is 10.8. The monoisotopic (exact) mass is 219 g/mol. The minimum absolute atomic E-state index is 0.110. The maximum Gasteiger partial charge on any atom is 0.298 e. The lowest BCUT2D eigenvalue weighted by Crippen LogP contribution is -2.26. The second-order valence-corrected chi connectivity index (χ2v) is 4.17. The van der Waals surface area contributed by atoms with Crippen LogP contribution in [0.25, 0.3) is 0 Å². The minimum Gasteiger partial charge on any atom is -0.396 e. The molecular weight excluding hydrogens is 209 g/mol. The van der Waals surface area contributed by atoms with Gasteiger partial charge in [-0.05, 0) is 18.2 Å². The van der Waals surface area contributed by atoms with E-state index in [1.165, 1.54) is 19.2 Å². The first-order chi connectivity index (χ1) is 6.44. The summed E-state index contributed by atoms with van der Waals surface area (Å²) in [4.78, 5) is 0. The Hall–Kier alpha value is -1.34. The second-order valence-electron chi connectivity index (χ2n) is 2.55. The fraction of sp³-hybridized carbons (Fsp3) is 0.143. The fourth-order valence-electron chi connectivity index (χ4n) is 0.813. The maximum atomic E-state index is 12.7. The fourth-order valence-corrected chi connectivity index (χ4v) is 1.35. The van der Waals surface area contributed by atoms with Gasteiger partial charge in [-0.2, -0.15) is 8.42 Å². The van der Waals surface area contributed by atoms with Crippen molar-refractivity contribution in [2.75, 3.05) is 17.5 Å². The van der Waals surface area contributed by atoms with Crippen molar-refractivity contribution in [3.8, 4) is 0 Å². The van der Waals surface area contributed by atoms with Crippen LogP contribution in [0, 0.1) is 5.82 Å². The molecule has 0 spiro atoms. The first-order valence-electron chi connectivity index (χ1n) is 3.71. The van der Waals surface area contributed by atoms with Crippen molar-refractivity contribution in [3.63, 3.8) is 0 Å². The summed E-state index contributed by atoms with van der Waals surface area (Å²) in [6, 6.07) is 3.56. The molecule has 1 rings (SSSR count). The summed E-state index contributed by atoms with van der Waals surface area (Å²) in [6.45, 7) is 0. The van der Waals surface area contributed by atoms with Gasteiger partial charge >= 0.3 is 0 Å². The van der Waals surface area contributed by atoms with Crippen LogP contribution in [-0.4, -0.2) is 15.5 Å². The highest BCUT2D eigenvalue weighted by Crippen LogP contribution is 2.16. The Labute approximate surface area is 81.3 Å². The number of anilines is 2. The van der Waals surface area contributed by atoms with Gasteiger partial charge in [-0.3, -0.25) is 4.72 Å². The highest BCUT2D eigenvalue weighted by molar-refractivity contribution is 7.90. The Balaban J connectivity index is 2.94. The van der Waals surface area contributed by atoms with Crippen LogP contribution in [0.3, 0.4) is 0 Å². The molecule has 1 aromatic rings. The summed E-state index contributed by atoms with van der Waals surface area (Å²) in [5, 5.41) is 0. The summed E-state index contributed by atoms with van der Waals surface area (Å²) in [5.74, 6) is -0.586. The van der Waals surface area contributed by atoms with Gasteiger partial charge in [0, 0.05) is 7.05 Å². The standard InChI is InChI=1S/C7H10FN3O2S/c1-10-14(12,13)11-5-2-3-6(8)7(9)4-5/h2-4,10-11H,9H2,1H3. The summed E-state index contributed by atoms with van der Waals surface area (Å²) >= 11 is 0. The molecule has 0 saturated heterocycles. The van der Waals surface area contributed by atoms with Gasteiger partial charge in [-0.15, -0.1) is 0 Å². The summed E-state index contributed by atoms with van der Waals surface area (Å²) in [5.41, 5.74) is 5.35. The minimum atomic E-state index is -3.58. The molecule has 0 fully saturated rings. The zero-order valence-corrected chi connectivity index (χ0v) is 8.23. The first kappa shape index (κ1) is 10.7. The van der Waals surface area contributed by atoms with Crippen molar-refractivity contribution in [2.45, 2.75) is 0 Å². The van der Waals surface area contributed by atoms with Crippen LogP contribution in [0.15, 0.2) is 18.2 Å². The molecule has 7 heteroatoms. The van der Waals surface area contributed by atoms with Gasteiger partial charge in [0.05, 0.1) is 11.4 Å².